The molecule has 0 radical (unpaired) electrons. The molecule has 6 nitrogen and oxygen atoms in total. The molecule has 35 heavy (non-hydrogen) atoms. The van der Waals surface area contributed by atoms with E-state index in [4.69, 9.17) is 16.1 Å². The lowest BCUT2D eigenvalue weighted by Crippen LogP contribution is -2.49. The van der Waals surface area contributed by atoms with Gasteiger partial charge in [0.05, 0.1) is 11.1 Å². The van der Waals surface area contributed by atoms with E-state index >= 15 is 0 Å². The lowest BCUT2D eigenvalue weighted by atomic mass is 9.96. The lowest BCUT2D eigenvalue weighted by Gasteiger charge is -2.39. The van der Waals surface area contributed by atoms with E-state index in [0.717, 1.165) is 18.7 Å². The molecule has 0 aliphatic carbocycles. The normalized spacial score (nSPS) is 14.4. The van der Waals surface area contributed by atoms with Crippen LogP contribution in [0.5, 0.6) is 0 Å². The van der Waals surface area contributed by atoms with Gasteiger partial charge in [-0.05, 0) is 23.3 Å². The first-order valence-corrected chi connectivity index (χ1v) is 12.3. The van der Waals surface area contributed by atoms with Gasteiger partial charge in [0.15, 0.2) is 0 Å². The molecule has 0 bridgehead atoms. The SMILES string of the molecule is O=C(CCc1nc(-c2ccccc2Cl)no1)N1CCN(C(c2ccccc2)c2ccccc2)CC1. The van der Waals surface area contributed by atoms with E-state index < -0.39 is 0 Å². The topological polar surface area (TPSA) is 62.5 Å². The highest BCUT2D eigenvalue weighted by molar-refractivity contribution is 6.33. The van der Waals surface area contributed by atoms with E-state index in [1.165, 1.54) is 11.1 Å². The zero-order chi connectivity index (χ0) is 24.0. The van der Waals surface area contributed by atoms with Crippen LogP contribution in [-0.2, 0) is 11.2 Å². The molecule has 2 heterocycles. The summed E-state index contributed by atoms with van der Waals surface area (Å²) in [6.07, 6.45) is 0.748. The summed E-state index contributed by atoms with van der Waals surface area (Å²) in [4.78, 5) is 21.7. The third-order valence-corrected chi connectivity index (χ3v) is 6.73. The molecule has 4 aromatic rings. The fourth-order valence-corrected chi connectivity index (χ4v) is 4.81. The summed E-state index contributed by atoms with van der Waals surface area (Å²) in [5.74, 6) is 0.998. The number of rotatable bonds is 7. The molecule has 1 saturated heterocycles. The number of amides is 1. The Kier molecular flexibility index (Phi) is 7.21. The molecule has 1 amide bonds. The molecule has 0 N–H and O–H groups in total. The van der Waals surface area contributed by atoms with Crippen molar-refractivity contribution in [2.45, 2.75) is 18.9 Å². The van der Waals surface area contributed by atoms with Crippen LogP contribution in [0.25, 0.3) is 11.4 Å². The van der Waals surface area contributed by atoms with Gasteiger partial charge in [-0.15, -0.1) is 0 Å². The van der Waals surface area contributed by atoms with Crippen LogP contribution >= 0.6 is 11.6 Å². The number of hydrogen-bond acceptors (Lipinski definition) is 5. The van der Waals surface area contributed by atoms with Crippen molar-refractivity contribution in [3.8, 4) is 11.4 Å². The van der Waals surface area contributed by atoms with E-state index in [-0.39, 0.29) is 11.9 Å². The van der Waals surface area contributed by atoms with Crippen LogP contribution in [0.2, 0.25) is 5.02 Å². The van der Waals surface area contributed by atoms with Crippen molar-refractivity contribution < 1.29 is 9.32 Å². The van der Waals surface area contributed by atoms with Crippen molar-refractivity contribution in [3.63, 3.8) is 0 Å². The van der Waals surface area contributed by atoms with E-state index in [0.29, 0.717) is 42.7 Å². The minimum Gasteiger partial charge on any atom is -0.340 e. The molecular weight excluding hydrogens is 460 g/mol. The molecule has 178 valence electrons. The minimum atomic E-state index is 0.109. The van der Waals surface area contributed by atoms with Gasteiger partial charge in [-0.1, -0.05) is 89.6 Å². The Labute approximate surface area is 210 Å². The standard InChI is InChI=1S/C28H27ClN4O2/c29-24-14-8-7-13-23(24)28-30-25(35-31-28)15-16-26(34)32-17-19-33(20-18-32)27(21-9-3-1-4-10-21)22-11-5-2-6-12-22/h1-14,27H,15-20H2. The number of aromatic nitrogens is 2. The van der Waals surface area contributed by atoms with Crippen LogP contribution in [0.4, 0.5) is 0 Å². The summed E-state index contributed by atoms with van der Waals surface area (Å²) in [7, 11) is 0. The van der Waals surface area contributed by atoms with Gasteiger partial charge in [0.1, 0.15) is 0 Å². The van der Waals surface area contributed by atoms with Crippen molar-refractivity contribution in [2.24, 2.45) is 0 Å². The lowest BCUT2D eigenvalue weighted by molar-refractivity contribution is -0.133. The largest absolute Gasteiger partial charge is 0.340 e. The maximum atomic E-state index is 12.9. The summed E-state index contributed by atoms with van der Waals surface area (Å²) in [5, 5.41) is 4.59. The van der Waals surface area contributed by atoms with Crippen LogP contribution in [0.3, 0.4) is 0 Å². The highest BCUT2D eigenvalue weighted by atomic mass is 35.5. The van der Waals surface area contributed by atoms with Crippen LogP contribution < -0.4 is 0 Å². The van der Waals surface area contributed by atoms with Crippen molar-refractivity contribution in [1.82, 2.24) is 19.9 Å². The third kappa shape index (κ3) is 5.45. The van der Waals surface area contributed by atoms with Gasteiger partial charge in [0.25, 0.3) is 0 Å². The second-order valence-corrected chi connectivity index (χ2v) is 9.04. The van der Waals surface area contributed by atoms with Crippen molar-refractivity contribution >= 4 is 17.5 Å². The third-order valence-electron chi connectivity index (χ3n) is 6.40. The number of benzene rings is 3. The average molecular weight is 487 g/mol. The zero-order valence-corrected chi connectivity index (χ0v) is 20.1. The number of hydrogen-bond donors (Lipinski definition) is 0. The quantitative estimate of drug-likeness (QED) is 0.356. The van der Waals surface area contributed by atoms with Gasteiger partial charge in [0, 0.05) is 44.6 Å². The number of carbonyl (C=O) groups excluding carboxylic acids is 1. The molecule has 7 heteroatoms. The van der Waals surface area contributed by atoms with Crippen LogP contribution in [-0.4, -0.2) is 52.0 Å². The molecule has 0 spiro atoms. The molecule has 1 aromatic heterocycles. The van der Waals surface area contributed by atoms with Crippen LogP contribution in [0.1, 0.15) is 29.5 Å². The molecule has 1 aliphatic rings. The van der Waals surface area contributed by atoms with Gasteiger partial charge < -0.3 is 9.42 Å². The van der Waals surface area contributed by atoms with Crippen molar-refractivity contribution in [3.05, 3.63) is 107 Å². The Balaban J connectivity index is 1.19. The average Bonchev–Trinajstić information content (AvgIpc) is 3.38. The van der Waals surface area contributed by atoms with Crippen molar-refractivity contribution in [1.29, 1.82) is 0 Å². The summed E-state index contributed by atoms with van der Waals surface area (Å²) in [5.41, 5.74) is 3.26. The monoisotopic (exact) mass is 486 g/mol. The number of aryl methyl sites for hydroxylation is 1. The summed E-state index contributed by atoms with van der Waals surface area (Å²) < 4.78 is 5.36. The Bertz CT molecular complexity index is 1210. The fraction of sp³-hybridized carbons (Fsp3) is 0.250. The van der Waals surface area contributed by atoms with Gasteiger partial charge >= 0.3 is 0 Å². The molecule has 1 aliphatic heterocycles. The van der Waals surface area contributed by atoms with Gasteiger partial charge in [-0.2, -0.15) is 4.98 Å². The smallest absolute Gasteiger partial charge is 0.227 e. The first kappa shape index (κ1) is 23.3. The second kappa shape index (κ2) is 10.8. The van der Waals surface area contributed by atoms with Crippen molar-refractivity contribution in [2.75, 3.05) is 26.2 Å². The highest BCUT2D eigenvalue weighted by Crippen LogP contribution is 2.29. The Morgan fingerprint density at radius 3 is 2.09 bits per heavy atom. The van der Waals surface area contributed by atoms with Crippen LogP contribution in [0.15, 0.2) is 89.5 Å². The maximum Gasteiger partial charge on any atom is 0.227 e. The number of nitrogens with zero attached hydrogens (tertiary/aromatic N) is 4. The molecule has 0 unspecified atom stereocenters. The predicted octanol–water partition coefficient (Wildman–Crippen LogP) is 5.26. The Hall–Kier alpha value is -3.48. The predicted molar refractivity (Wildman–Crippen MR) is 136 cm³/mol. The molecule has 1 fully saturated rings. The summed E-state index contributed by atoms with van der Waals surface area (Å²) in [6.45, 7) is 3.03. The number of piperazine rings is 1. The summed E-state index contributed by atoms with van der Waals surface area (Å²) >= 11 is 6.22. The van der Waals surface area contributed by atoms with E-state index in [2.05, 4.69) is 63.6 Å². The first-order chi connectivity index (χ1) is 17.2. The molecular formula is C28H27ClN4O2. The second-order valence-electron chi connectivity index (χ2n) is 8.63. The minimum absolute atomic E-state index is 0.109. The number of carbonyl (C=O) groups is 1. The Morgan fingerprint density at radius 1 is 0.857 bits per heavy atom. The Morgan fingerprint density at radius 2 is 1.46 bits per heavy atom. The highest BCUT2D eigenvalue weighted by Gasteiger charge is 2.28. The van der Waals surface area contributed by atoms with Gasteiger partial charge in [-0.3, -0.25) is 9.69 Å². The zero-order valence-electron chi connectivity index (χ0n) is 19.4. The summed E-state index contributed by atoms with van der Waals surface area (Å²) in [6, 6.07) is 28.7. The molecule has 0 saturated carbocycles. The maximum absolute atomic E-state index is 12.9. The van der Waals surface area contributed by atoms with Gasteiger partial charge in [0.2, 0.25) is 17.6 Å². The van der Waals surface area contributed by atoms with Crippen LogP contribution in [0, 0.1) is 0 Å². The molecule has 0 atom stereocenters. The van der Waals surface area contributed by atoms with E-state index in [1.54, 1.807) is 6.07 Å². The van der Waals surface area contributed by atoms with E-state index in [9.17, 15) is 4.79 Å². The van der Waals surface area contributed by atoms with E-state index in [1.807, 2.05) is 35.2 Å². The molecule has 3 aromatic carbocycles. The molecule has 5 rings (SSSR count). The fourth-order valence-electron chi connectivity index (χ4n) is 4.59. The number of halogens is 1. The first-order valence-electron chi connectivity index (χ1n) is 11.9. The van der Waals surface area contributed by atoms with Gasteiger partial charge in [-0.25, -0.2) is 0 Å².